The first-order chi connectivity index (χ1) is 7.76. The van der Waals surface area contributed by atoms with Crippen molar-refractivity contribution in [2.45, 2.75) is 20.1 Å². The van der Waals surface area contributed by atoms with Crippen LogP contribution in [0.3, 0.4) is 0 Å². The fourth-order valence-corrected chi connectivity index (χ4v) is 1.52. The third-order valence-electron chi connectivity index (χ3n) is 2.44. The van der Waals surface area contributed by atoms with Gasteiger partial charge in [0, 0.05) is 26.8 Å². The summed E-state index contributed by atoms with van der Waals surface area (Å²) in [6.07, 6.45) is 0. The van der Waals surface area contributed by atoms with Crippen LogP contribution >= 0.6 is 0 Å². The van der Waals surface area contributed by atoms with Gasteiger partial charge in [0.25, 0.3) is 0 Å². The zero-order valence-electron chi connectivity index (χ0n) is 10.1. The van der Waals surface area contributed by atoms with Crippen LogP contribution in [0.2, 0.25) is 0 Å². The van der Waals surface area contributed by atoms with Gasteiger partial charge in [0.15, 0.2) is 0 Å². The Bertz CT molecular complexity index is 302. The maximum Gasteiger partial charge on any atom is 0.0713 e. The molecule has 1 atom stereocenters. The first-order valence-electron chi connectivity index (χ1n) is 5.64. The summed E-state index contributed by atoms with van der Waals surface area (Å²) >= 11 is 0. The van der Waals surface area contributed by atoms with E-state index >= 15 is 0 Å². The topological polar surface area (TPSA) is 41.5 Å². The number of benzene rings is 1. The second-order valence-corrected chi connectivity index (χ2v) is 4.17. The SMILES string of the molecule is COCc1cccc(CNCC(C)CO)c1. The maximum absolute atomic E-state index is 8.89. The van der Waals surface area contributed by atoms with Gasteiger partial charge in [-0.15, -0.1) is 0 Å². The first kappa shape index (κ1) is 13.2. The summed E-state index contributed by atoms with van der Waals surface area (Å²) in [5.41, 5.74) is 2.44. The minimum absolute atomic E-state index is 0.233. The van der Waals surface area contributed by atoms with Crippen LogP contribution in [0.4, 0.5) is 0 Å². The molecule has 3 nitrogen and oxygen atoms in total. The summed E-state index contributed by atoms with van der Waals surface area (Å²) in [6, 6.07) is 8.33. The van der Waals surface area contributed by atoms with Gasteiger partial charge in [0.1, 0.15) is 0 Å². The van der Waals surface area contributed by atoms with Gasteiger partial charge in [-0.25, -0.2) is 0 Å². The molecule has 0 radical (unpaired) electrons. The lowest BCUT2D eigenvalue weighted by atomic mass is 10.1. The van der Waals surface area contributed by atoms with Gasteiger partial charge < -0.3 is 15.2 Å². The predicted molar refractivity (Wildman–Crippen MR) is 65.1 cm³/mol. The van der Waals surface area contributed by atoms with Crippen LogP contribution in [0.5, 0.6) is 0 Å². The molecule has 0 bridgehead atoms. The third kappa shape index (κ3) is 4.75. The van der Waals surface area contributed by atoms with Crippen molar-refractivity contribution in [2.75, 3.05) is 20.3 Å². The maximum atomic E-state index is 8.89. The molecule has 16 heavy (non-hydrogen) atoms. The summed E-state index contributed by atoms with van der Waals surface area (Å²) < 4.78 is 5.09. The quantitative estimate of drug-likeness (QED) is 0.737. The van der Waals surface area contributed by atoms with Crippen molar-refractivity contribution in [1.29, 1.82) is 0 Å². The van der Waals surface area contributed by atoms with E-state index in [1.807, 2.05) is 13.0 Å². The molecule has 0 aliphatic rings. The number of rotatable bonds is 7. The van der Waals surface area contributed by atoms with Crippen molar-refractivity contribution in [2.24, 2.45) is 5.92 Å². The second-order valence-electron chi connectivity index (χ2n) is 4.17. The van der Waals surface area contributed by atoms with Crippen LogP contribution in [0.1, 0.15) is 18.1 Å². The summed E-state index contributed by atoms with van der Waals surface area (Å²) in [5.74, 6) is 0.308. The average Bonchev–Trinajstić information content (AvgIpc) is 2.30. The van der Waals surface area contributed by atoms with E-state index in [0.717, 1.165) is 13.1 Å². The van der Waals surface area contributed by atoms with Crippen molar-refractivity contribution in [3.63, 3.8) is 0 Å². The molecule has 0 aromatic heterocycles. The number of methoxy groups -OCH3 is 1. The molecule has 0 fully saturated rings. The Labute approximate surface area is 97.4 Å². The fraction of sp³-hybridized carbons (Fsp3) is 0.538. The van der Waals surface area contributed by atoms with Crippen molar-refractivity contribution >= 4 is 0 Å². The van der Waals surface area contributed by atoms with E-state index in [2.05, 4.69) is 23.5 Å². The summed E-state index contributed by atoms with van der Waals surface area (Å²) in [7, 11) is 1.70. The number of nitrogens with one attached hydrogen (secondary N) is 1. The van der Waals surface area contributed by atoms with Crippen LogP contribution in [-0.4, -0.2) is 25.4 Å². The van der Waals surface area contributed by atoms with Crippen molar-refractivity contribution in [3.8, 4) is 0 Å². The van der Waals surface area contributed by atoms with Gasteiger partial charge in [-0.2, -0.15) is 0 Å². The fourth-order valence-electron chi connectivity index (χ4n) is 1.52. The molecule has 1 aromatic rings. The lowest BCUT2D eigenvalue weighted by Crippen LogP contribution is -2.22. The molecule has 1 rings (SSSR count). The molecule has 3 heteroatoms. The minimum atomic E-state index is 0.233. The van der Waals surface area contributed by atoms with Crippen LogP contribution in [0, 0.1) is 5.92 Å². The third-order valence-corrected chi connectivity index (χ3v) is 2.44. The van der Waals surface area contributed by atoms with E-state index in [9.17, 15) is 0 Å². The second kappa shape index (κ2) is 7.39. The van der Waals surface area contributed by atoms with Crippen LogP contribution < -0.4 is 5.32 Å². The molecule has 0 saturated carbocycles. The Balaban J connectivity index is 2.38. The van der Waals surface area contributed by atoms with Crippen molar-refractivity contribution in [1.82, 2.24) is 5.32 Å². The largest absolute Gasteiger partial charge is 0.396 e. The number of ether oxygens (including phenoxy) is 1. The number of hydrogen-bond donors (Lipinski definition) is 2. The zero-order chi connectivity index (χ0) is 11.8. The van der Waals surface area contributed by atoms with Gasteiger partial charge in [0.05, 0.1) is 6.61 Å². The van der Waals surface area contributed by atoms with Gasteiger partial charge in [-0.3, -0.25) is 0 Å². The molecule has 0 saturated heterocycles. The first-order valence-corrected chi connectivity index (χ1v) is 5.64. The smallest absolute Gasteiger partial charge is 0.0713 e. The molecular formula is C13H21NO2. The molecule has 0 aliphatic heterocycles. The van der Waals surface area contributed by atoms with Crippen LogP contribution in [0.15, 0.2) is 24.3 Å². The Hall–Kier alpha value is -0.900. The average molecular weight is 223 g/mol. The highest BCUT2D eigenvalue weighted by molar-refractivity contribution is 5.22. The van der Waals surface area contributed by atoms with E-state index in [-0.39, 0.29) is 6.61 Å². The Kier molecular flexibility index (Phi) is 6.08. The number of aliphatic hydroxyl groups is 1. The Morgan fingerprint density at radius 1 is 1.38 bits per heavy atom. The molecule has 0 aliphatic carbocycles. The predicted octanol–water partition coefficient (Wildman–Crippen LogP) is 1.55. The summed E-state index contributed by atoms with van der Waals surface area (Å²) in [5, 5.41) is 12.2. The number of hydrogen-bond acceptors (Lipinski definition) is 3. The van der Waals surface area contributed by atoms with E-state index in [0.29, 0.717) is 12.5 Å². The zero-order valence-corrected chi connectivity index (χ0v) is 10.1. The number of aliphatic hydroxyl groups excluding tert-OH is 1. The molecule has 0 spiro atoms. The molecule has 1 unspecified atom stereocenters. The molecule has 0 amide bonds. The van der Waals surface area contributed by atoms with Crippen LogP contribution in [0.25, 0.3) is 0 Å². The van der Waals surface area contributed by atoms with E-state index < -0.39 is 0 Å². The lowest BCUT2D eigenvalue weighted by molar-refractivity contribution is 0.185. The lowest BCUT2D eigenvalue weighted by Gasteiger charge is -2.10. The summed E-state index contributed by atoms with van der Waals surface area (Å²) in [6.45, 7) is 4.58. The highest BCUT2D eigenvalue weighted by Crippen LogP contribution is 2.06. The van der Waals surface area contributed by atoms with Gasteiger partial charge in [-0.05, 0) is 17.0 Å². The van der Waals surface area contributed by atoms with Crippen molar-refractivity contribution in [3.05, 3.63) is 35.4 Å². The molecular weight excluding hydrogens is 202 g/mol. The van der Waals surface area contributed by atoms with Gasteiger partial charge >= 0.3 is 0 Å². The highest BCUT2D eigenvalue weighted by atomic mass is 16.5. The van der Waals surface area contributed by atoms with E-state index in [1.165, 1.54) is 11.1 Å². The van der Waals surface area contributed by atoms with Gasteiger partial charge in [0.2, 0.25) is 0 Å². The highest BCUT2D eigenvalue weighted by Gasteiger charge is 1.99. The summed E-state index contributed by atoms with van der Waals surface area (Å²) in [4.78, 5) is 0. The Morgan fingerprint density at radius 2 is 2.12 bits per heavy atom. The van der Waals surface area contributed by atoms with E-state index in [4.69, 9.17) is 9.84 Å². The monoisotopic (exact) mass is 223 g/mol. The van der Waals surface area contributed by atoms with Crippen molar-refractivity contribution < 1.29 is 9.84 Å². The van der Waals surface area contributed by atoms with E-state index in [1.54, 1.807) is 7.11 Å². The standard InChI is InChI=1S/C13H21NO2/c1-11(9-15)7-14-8-12-4-3-5-13(6-12)10-16-2/h3-6,11,14-15H,7-10H2,1-2H3. The van der Waals surface area contributed by atoms with Gasteiger partial charge in [-0.1, -0.05) is 31.2 Å². The molecule has 0 heterocycles. The molecule has 1 aromatic carbocycles. The molecule has 2 N–H and O–H groups in total. The van der Waals surface area contributed by atoms with Crippen LogP contribution in [-0.2, 0) is 17.9 Å². The molecule has 90 valence electrons. The minimum Gasteiger partial charge on any atom is -0.396 e. The normalized spacial score (nSPS) is 12.7. The Morgan fingerprint density at radius 3 is 2.81 bits per heavy atom.